The average Bonchev–Trinajstić information content (AvgIpc) is 2.59. The first-order valence-corrected chi connectivity index (χ1v) is 5.87. The summed E-state index contributed by atoms with van der Waals surface area (Å²) in [4.78, 5) is 11.3. The first-order chi connectivity index (χ1) is 7.63. The maximum absolute atomic E-state index is 4.64. The summed E-state index contributed by atoms with van der Waals surface area (Å²) in [5.74, 6) is 1.01. The molecule has 1 aromatic heterocycles. The van der Waals surface area contributed by atoms with E-state index in [2.05, 4.69) is 34.0 Å². The van der Waals surface area contributed by atoms with Gasteiger partial charge >= 0.3 is 0 Å². The van der Waals surface area contributed by atoms with E-state index in [9.17, 15) is 0 Å². The van der Waals surface area contributed by atoms with E-state index in [1.54, 1.807) is 0 Å². The largest absolute Gasteiger partial charge is 0.350 e. The molecule has 1 aliphatic rings. The third-order valence-electron chi connectivity index (χ3n) is 3.21. The van der Waals surface area contributed by atoms with Crippen LogP contribution in [-0.4, -0.2) is 29.1 Å². The van der Waals surface area contributed by atoms with Crippen molar-refractivity contribution in [3.05, 3.63) is 18.1 Å². The summed E-state index contributed by atoms with van der Waals surface area (Å²) in [5, 5.41) is 3.10. The minimum atomic E-state index is 0.215. The Morgan fingerprint density at radius 3 is 2.88 bits per heavy atom. The Hall–Kier alpha value is -1.16. The molecule has 88 valence electrons. The van der Waals surface area contributed by atoms with Crippen LogP contribution >= 0.6 is 0 Å². The molecule has 1 fully saturated rings. The summed E-state index contributed by atoms with van der Waals surface area (Å²) < 4.78 is 0. The van der Waals surface area contributed by atoms with E-state index in [0.29, 0.717) is 0 Å². The number of hydrogen-bond donors (Lipinski definition) is 1. The van der Waals surface area contributed by atoms with Crippen molar-refractivity contribution in [1.82, 2.24) is 15.3 Å². The van der Waals surface area contributed by atoms with Crippen LogP contribution in [0.2, 0.25) is 0 Å². The molecule has 0 saturated carbocycles. The van der Waals surface area contributed by atoms with Crippen LogP contribution in [-0.2, 0) is 6.54 Å². The van der Waals surface area contributed by atoms with Crippen molar-refractivity contribution in [3.8, 4) is 0 Å². The smallest absolute Gasteiger partial charge is 0.147 e. The molecule has 4 heteroatoms. The van der Waals surface area contributed by atoms with Crippen molar-refractivity contribution >= 4 is 5.82 Å². The molecular weight excluding hydrogens is 200 g/mol. The second-order valence-corrected chi connectivity index (χ2v) is 4.97. The van der Waals surface area contributed by atoms with E-state index in [1.807, 2.05) is 19.4 Å². The quantitative estimate of drug-likeness (QED) is 0.839. The van der Waals surface area contributed by atoms with Crippen molar-refractivity contribution < 1.29 is 0 Å². The Balaban J connectivity index is 2.23. The summed E-state index contributed by atoms with van der Waals surface area (Å²) in [7, 11) is 1.92. The monoisotopic (exact) mass is 220 g/mol. The summed E-state index contributed by atoms with van der Waals surface area (Å²) >= 11 is 0. The van der Waals surface area contributed by atoms with Gasteiger partial charge in [-0.05, 0) is 33.7 Å². The van der Waals surface area contributed by atoms with Gasteiger partial charge in [-0.15, -0.1) is 0 Å². The number of nitrogens with zero attached hydrogens (tertiary/aromatic N) is 3. The third-order valence-corrected chi connectivity index (χ3v) is 3.21. The minimum absolute atomic E-state index is 0.215. The van der Waals surface area contributed by atoms with Crippen molar-refractivity contribution in [2.24, 2.45) is 0 Å². The minimum Gasteiger partial charge on any atom is -0.350 e. The van der Waals surface area contributed by atoms with Gasteiger partial charge < -0.3 is 10.2 Å². The molecule has 1 aliphatic heterocycles. The molecule has 2 rings (SSSR count). The van der Waals surface area contributed by atoms with Crippen LogP contribution in [0.25, 0.3) is 0 Å². The Bertz CT molecular complexity index is 362. The predicted molar refractivity (Wildman–Crippen MR) is 65.5 cm³/mol. The molecule has 1 N–H and O–H groups in total. The molecule has 2 heterocycles. The fourth-order valence-corrected chi connectivity index (χ4v) is 2.32. The van der Waals surface area contributed by atoms with E-state index in [0.717, 1.165) is 24.6 Å². The fourth-order valence-electron chi connectivity index (χ4n) is 2.32. The normalized spacial score (nSPS) is 19.1. The topological polar surface area (TPSA) is 41.1 Å². The molecule has 0 amide bonds. The van der Waals surface area contributed by atoms with Gasteiger partial charge in [0.15, 0.2) is 0 Å². The molecule has 0 bridgehead atoms. The maximum Gasteiger partial charge on any atom is 0.147 e. The van der Waals surface area contributed by atoms with Crippen molar-refractivity contribution in [1.29, 1.82) is 0 Å². The van der Waals surface area contributed by atoms with Crippen molar-refractivity contribution in [2.45, 2.75) is 38.8 Å². The molecule has 0 unspecified atom stereocenters. The van der Waals surface area contributed by atoms with E-state index in [-0.39, 0.29) is 5.54 Å². The zero-order chi connectivity index (χ0) is 11.6. The van der Waals surface area contributed by atoms with Gasteiger partial charge in [0.25, 0.3) is 0 Å². The van der Waals surface area contributed by atoms with Crippen molar-refractivity contribution in [3.63, 3.8) is 0 Å². The number of aromatic nitrogens is 2. The third kappa shape index (κ3) is 2.16. The van der Waals surface area contributed by atoms with Crippen LogP contribution in [0.4, 0.5) is 5.82 Å². The summed E-state index contributed by atoms with van der Waals surface area (Å²) in [6.07, 6.45) is 6.16. The Morgan fingerprint density at radius 2 is 2.25 bits per heavy atom. The van der Waals surface area contributed by atoms with E-state index >= 15 is 0 Å². The van der Waals surface area contributed by atoms with Gasteiger partial charge in [0.2, 0.25) is 0 Å². The second kappa shape index (κ2) is 4.37. The maximum atomic E-state index is 4.64. The highest BCUT2D eigenvalue weighted by molar-refractivity contribution is 5.41. The highest BCUT2D eigenvalue weighted by Gasteiger charge is 2.32. The number of anilines is 1. The fraction of sp³-hybridized carbons (Fsp3) is 0.667. The number of nitrogens with one attached hydrogen (secondary N) is 1. The zero-order valence-corrected chi connectivity index (χ0v) is 10.3. The lowest BCUT2D eigenvalue weighted by Crippen LogP contribution is -2.38. The predicted octanol–water partition coefficient (Wildman–Crippen LogP) is 1.57. The molecule has 0 aliphatic carbocycles. The molecule has 0 radical (unpaired) electrons. The van der Waals surface area contributed by atoms with Crippen LogP contribution in [0.3, 0.4) is 0 Å². The van der Waals surface area contributed by atoms with Crippen LogP contribution in [0, 0.1) is 0 Å². The van der Waals surface area contributed by atoms with Gasteiger partial charge in [0.1, 0.15) is 5.82 Å². The molecule has 1 aromatic rings. The molecule has 0 atom stereocenters. The number of rotatable bonds is 3. The van der Waals surface area contributed by atoms with Crippen LogP contribution in [0.1, 0.15) is 32.4 Å². The van der Waals surface area contributed by atoms with E-state index < -0.39 is 0 Å². The van der Waals surface area contributed by atoms with Gasteiger partial charge in [-0.1, -0.05) is 0 Å². The number of hydrogen-bond acceptors (Lipinski definition) is 4. The molecule has 0 spiro atoms. The lowest BCUT2D eigenvalue weighted by atomic mass is 10.0. The Kier molecular flexibility index (Phi) is 3.10. The van der Waals surface area contributed by atoms with E-state index in [4.69, 9.17) is 0 Å². The SMILES string of the molecule is CNCc1cncc(N2CCCC2(C)C)n1. The second-order valence-electron chi connectivity index (χ2n) is 4.97. The molecular formula is C12H20N4. The van der Waals surface area contributed by atoms with Gasteiger partial charge in [0.05, 0.1) is 11.9 Å². The van der Waals surface area contributed by atoms with Crippen LogP contribution < -0.4 is 10.2 Å². The van der Waals surface area contributed by atoms with Gasteiger partial charge in [-0.25, -0.2) is 4.98 Å². The van der Waals surface area contributed by atoms with Gasteiger partial charge in [0, 0.05) is 24.8 Å². The lowest BCUT2D eigenvalue weighted by Gasteiger charge is -2.32. The summed E-state index contributed by atoms with van der Waals surface area (Å²) in [6.45, 7) is 6.40. The molecule has 1 saturated heterocycles. The zero-order valence-electron chi connectivity index (χ0n) is 10.3. The average molecular weight is 220 g/mol. The first-order valence-electron chi connectivity index (χ1n) is 5.87. The summed E-state index contributed by atoms with van der Waals surface area (Å²) in [5.41, 5.74) is 1.22. The molecule has 0 aromatic carbocycles. The highest BCUT2D eigenvalue weighted by atomic mass is 15.3. The Morgan fingerprint density at radius 1 is 1.44 bits per heavy atom. The molecule has 4 nitrogen and oxygen atoms in total. The van der Waals surface area contributed by atoms with Crippen LogP contribution in [0.5, 0.6) is 0 Å². The molecule has 16 heavy (non-hydrogen) atoms. The van der Waals surface area contributed by atoms with Crippen LogP contribution in [0.15, 0.2) is 12.4 Å². The summed E-state index contributed by atoms with van der Waals surface area (Å²) in [6, 6.07) is 0. The van der Waals surface area contributed by atoms with Gasteiger partial charge in [-0.3, -0.25) is 4.98 Å². The van der Waals surface area contributed by atoms with Crippen molar-refractivity contribution in [2.75, 3.05) is 18.5 Å². The van der Waals surface area contributed by atoms with E-state index in [1.165, 1.54) is 12.8 Å². The highest BCUT2D eigenvalue weighted by Crippen LogP contribution is 2.31. The van der Waals surface area contributed by atoms with Gasteiger partial charge in [-0.2, -0.15) is 0 Å². The standard InChI is InChI=1S/C12H20N4/c1-12(2)5-4-6-16(12)11-9-14-8-10(15-11)7-13-3/h8-9,13H,4-7H2,1-3H3. The lowest BCUT2D eigenvalue weighted by molar-refractivity contribution is 0.513. The Labute approximate surface area is 97.1 Å². The first kappa shape index (κ1) is 11.3.